The van der Waals surface area contributed by atoms with Crippen LogP contribution in [0.1, 0.15) is 31.7 Å². The predicted octanol–water partition coefficient (Wildman–Crippen LogP) is 0.846. The molecule has 6 nitrogen and oxygen atoms in total. The van der Waals surface area contributed by atoms with Crippen LogP contribution < -0.4 is 10.9 Å². The second-order valence-electron chi connectivity index (χ2n) is 5.71. The van der Waals surface area contributed by atoms with Crippen LogP contribution in [0.25, 0.3) is 5.57 Å². The summed E-state index contributed by atoms with van der Waals surface area (Å²) >= 11 is 0. The number of nitrogens with one attached hydrogen (secondary N) is 2. The highest BCUT2D eigenvalue weighted by atomic mass is 16.2. The van der Waals surface area contributed by atoms with E-state index < -0.39 is 0 Å². The number of carbonyl (C=O) groups excluding carboxylic acids is 3. The van der Waals surface area contributed by atoms with Gasteiger partial charge in [-0.2, -0.15) is 0 Å². The zero-order valence-corrected chi connectivity index (χ0v) is 14.1. The molecule has 0 bridgehead atoms. The molecule has 0 saturated carbocycles. The molecule has 1 aliphatic rings. The summed E-state index contributed by atoms with van der Waals surface area (Å²) in [5.74, 6) is -0.517. The Labute approximate surface area is 142 Å². The van der Waals surface area contributed by atoms with Crippen molar-refractivity contribution in [3.63, 3.8) is 0 Å². The smallest absolute Gasteiger partial charge is 0.270 e. The number of hydrazine groups is 1. The van der Waals surface area contributed by atoms with E-state index in [4.69, 9.17) is 0 Å². The Bertz CT molecular complexity index is 648. The number of nitrogens with zero attached hydrogens (tertiary/aromatic N) is 1. The number of piperidine rings is 1. The van der Waals surface area contributed by atoms with Gasteiger partial charge < -0.3 is 4.90 Å². The van der Waals surface area contributed by atoms with Gasteiger partial charge in [0.15, 0.2) is 5.81 Å². The van der Waals surface area contributed by atoms with Crippen molar-refractivity contribution >= 4 is 31.0 Å². The van der Waals surface area contributed by atoms with Crippen molar-refractivity contribution in [2.45, 2.75) is 26.2 Å². The van der Waals surface area contributed by atoms with E-state index in [0.717, 1.165) is 11.1 Å². The zero-order chi connectivity index (χ0) is 17.5. The number of likely N-dealkylation sites (tertiary alicyclic amines) is 1. The monoisotopic (exact) mass is 327 g/mol. The van der Waals surface area contributed by atoms with Gasteiger partial charge in [-0.15, -0.1) is 0 Å². The molecule has 0 spiro atoms. The van der Waals surface area contributed by atoms with Crippen LogP contribution in [0.4, 0.5) is 4.79 Å². The molecule has 1 heterocycles. The van der Waals surface area contributed by atoms with Crippen LogP contribution in [-0.4, -0.2) is 43.5 Å². The minimum atomic E-state index is -0.325. The Kier molecular flexibility index (Phi) is 6.17. The Balaban J connectivity index is 2.24. The van der Waals surface area contributed by atoms with Crippen LogP contribution in [-0.2, 0) is 9.59 Å². The normalized spacial score (nSPS) is 14.0. The third kappa shape index (κ3) is 4.47. The maximum atomic E-state index is 12.6. The van der Waals surface area contributed by atoms with Crippen LogP contribution in [0.3, 0.4) is 0 Å². The third-order valence-corrected chi connectivity index (χ3v) is 4.09. The second kappa shape index (κ2) is 8.33. The van der Waals surface area contributed by atoms with E-state index in [1.54, 1.807) is 19.7 Å². The lowest BCUT2D eigenvalue weighted by atomic mass is 9.91. The number of hydrogen-bond acceptors (Lipinski definition) is 3. The minimum Gasteiger partial charge on any atom is -0.351 e. The Morgan fingerprint density at radius 1 is 1.08 bits per heavy atom. The highest BCUT2D eigenvalue weighted by Gasteiger charge is 2.23. The summed E-state index contributed by atoms with van der Waals surface area (Å²) < 4.78 is 0. The molecule has 1 saturated heterocycles. The molecule has 7 heteroatoms. The highest BCUT2D eigenvalue weighted by molar-refractivity contribution is 6.56. The summed E-state index contributed by atoms with van der Waals surface area (Å²) in [6, 6.07) is 9.39. The van der Waals surface area contributed by atoms with E-state index in [1.165, 1.54) is 0 Å². The van der Waals surface area contributed by atoms with Gasteiger partial charge >= 0.3 is 0 Å². The summed E-state index contributed by atoms with van der Waals surface area (Å²) in [6.45, 7) is 2.93. The van der Waals surface area contributed by atoms with Gasteiger partial charge in [0.1, 0.15) is 0 Å². The number of carbonyl (C=O) groups is 3. The van der Waals surface area contributed by atoms with Crippen molar-refractivity contribution in [2.24, 2.45) is 0 Å². The molecule has 1 aliphatic heterocycles. The first-order chi connectivity index (χ1) is 11.5. The fourth-order valence-electron chi connectivity index (χ4n) is 2.72. The van der Waals surface area contributed by atoms with E-state index in [9.17, 15) is 14.4 Å². The van der Waals surface area contributed by atoms with Gasteiger partial charge in [0.25, 0.3) is 5.91 Å². The predicted molar refractivity (Wildman–Crippen MR) is 94.7 cm³/mol. The Morgan fingerprint density at radius 2 is 1.71 bits per heavy atom. The molecule has 2 rings (SSSR count). The molecular formula is C17H22BN3O3. The maximum absolute atomic E-state index is 12.6. The van der Waals surface area contributed by atoms with Gasteiger partial charge in [-0.1, -0.05) is 42.8 Å². The summed E-state index contributed by atoms with van der Waals surface area (Å²) in [4.78, 5) is 37.3. The van der Waals surface area contributed by atoms with E-state index in [2.05, 4.69) is 10.9 Å². The molecule has 0 aliphatic carbocycles. The van der Waals surface area contributed by atoms with Gasteiger partial charge in [-0.25, -0.2) is 0 Å². The molecule has 0 unspecified atom stereocenters. The molecule has 1 aromatic carbocycles. The topological polar surface area (TPSA) is 78.5 Å². The van der Waals surface area contributed by atoms with Gasteiger partial charge in [0.2, 0.25) is 13.8 Å². The summed E-state index contributed by atoms with van der Waals surface area (Å²) in [5.41, 5.74) is 7.29. The Hall–Kier alpha value is -2.57. The molecule has 2 N–H and O–H groups in total. The molecule has 0 aromatic heterocycles. The standard InChI is InChI=1S/C17H22BN3O3/c1-2-14(22)19-20-16(23)15(12-6-4-3-5-7-12)13-8-10-21(11-9-13)17(18)24/h3-7H,2,8-11,18H2,1H3,(H,19,22)(H,20,23). The first-order valence-corrected chi connectivity index (χ1v) is 8.15. The van der Waals surface area contributed by atoms with Crippen molar-refractivity contribution in [3.05, 3.63) is 41.5 Å². The van der Waals surface area contributed by atoms with E-state index >= 15 is 0 Å². The van der Waals surface area contributed by atoms with Crippen molar-refractivity contribution < 1.29 is 14.4 Å². The fraction of sp³-hybridized carbons (Fsp3) is 0.353. The average molecular weight is 327 g/mol. The molecule has 0 radical (unpaired) electrons. The lowest BCUT2D eigenvalue weighted by Gasteiger charge is -2.29. The highest BCUT2D eigenvalue weighted by Crippen LogP contribution is 2.27. The average Bonchev–Trinajstić information content (AvgIpc) is 2.61. The molecule has 3 amide bonds. The van der Waals surface area contributed by atoms with Crippen molar-refractivity contribution in [1.82, 2.24) is 15.8 Å². The van der Waals surface area contributed by atoms with Crippen molar-refractivity contribution in [3.8, 4) is 0 Å². The SMILES string of the molecule is BC(=O)N1CCC(=C(C(=O)NNC(=O)CC)c2ccccc2)CC1. The maximum Gasteiger partial charge on any atom is 0.270 e. The quantitative estimate of drug-likeness (QED) is 0.491. The molecule has 0 atom stereocenters. The zero-order valence-electron chi connectivity index (χ0n) is 14.1. The van der Waals surface area contributed by atoms with E-state index in [0.29, 0.717) is 37.9 Å². The number of rotatable bonds is 3. The van der Waals surface area contributed by atoms with Crippen LogP contribution >= 0.6 is 0 Å². The van der Waals surface area contributed by atoms with Gasteiger partial charge in [-0.05, 0) is 18.4 Å². The fourth-order valence-corrected chi connectivity index (χ4v) is 2.72. The summed E-state index contributed by atoms with van der Waals surface area (Å²) in [6.07, 6.45) is 1.60. The van der Waals surface area contributed by atoms with Crippen LogP contribution in [0.5, 0.6) is 0 Å². The lowest BCUT2D eigenvalue weighted by Crippen LogP contribution is -2.42. The first kappa shape index (κ1) is 17.8. The van der Waals surface area contributed by atoms with Crippen LogP contribution in [0.15, 0.2) is 35.9 Å². The first-order valence-electron chi connectivity index (χ1n) is 8.15. The third-order valence-electron chi connectivity index (χ3n) is 4.09. The number of amides is 3. The number of benzene rings is 1. The van der Waals surface area contributed by atoms with Gasteiger partial charge in [-0.3, -0.25) is 25.2 Å². The van der Waals surface area contributed by atoms with Crippen LogP contribution in [0.2, 0.25) is 0 Å². The summed E-state index contributed by atoms with van der Waals surface area (Å²) in [7, 11) is 1.56. The molecule has 126 valence electrons. The number of hydrogen-bond donors (Lipinski definition) is 2. The van der Waals surface area contributed by atoms with Crippen molar-refractivity contribution in [2.75, 3.05) is 13.1 Å². The molecule has 24 heavy (non-hydrogen) atoms. The second-order valence-corrected chi connectivity index (χ2v) is 5.71. The molecular weight excluding hydrogens is 305 g/mol. The molecule has 1 aromatic rings. The molecule has 1 fully saturated rings. The lowest BCUT2D eigenvalue weighted by molar-refractivity contribution is -0.126. The minimum absolute atomic E-state index is 0.0509. The van der Waals surface area contributed by atoms with Crippen molar-refractivity contribution in [1.29, 1.82) is 0 Å². The van der Waals surface area contributed by atoms with Gasteiger partial charge in [0, 0.05) is 25.1 Å². The van der Waals surface area contributed by atoms with Crippen LogP contribution in [0, 0.1) is 0 Å². The summed E-state index contributed by atoms with van der Waals surface area (Å²) in [5, 5.41) is 0. The van der Waals surface area contributed by atoms with E-state index in [-0.39, 0.29) is 17.6 Å². The Morgan fingerprint density at radius 3 is 2.25 bits per heavy atom. The van der Waals surface area contributed by atoms with Gasteiger partial charge in [0.05, 0.1) is 0 Å². The largest absolute Gasteiger partial charge is 0.351 e. The van der Waals surface area contributed by atoms with E-state index in [1.807, 2.05) is 30.3 Å².